The Labute approximate surface area is 50.1 Å². The SMILES string of the molecule is Oc1nnn[c]c1Cl. The normalized spacial score (nSPS) is 9.12. The van der Waals surface area contributed by atoms with E-state index in [9.17, 15) is 0 Å². The molecule has 0 spiro atoms. The predicted octanol–water partition coefficient (Wildman–Crippen LogP) is 0.0308. The minimum Gasteiger partial charge on any atom is -0.491 e. The molecule has 1 N–H and O–H groups in total. The number of halogens is 1. The second kappa shape index (κ2) is 1.92. The molecule has 41 valence electrons. The lowest BCUT2D eigenvalue weighted by molar-refractivity contribution is 0.440. The minimum absolute atomic E-state index is 0.0139. The number of aromatic hydroxyl groups is 1. The van der Waals surface area contributed by atoms with Crippen LogP contribution in [0.1, 0.15) is 0 Å². The van der Waals surface area contributed by atoms with Gasteiger partial charge in [-0.1, -0.05) is 16.7 Å². The maximum absolute atomic E-state index is 8.54. The van der Waals surface area contributed by atoms with E-state index in [0.29, 0.717) is 0 Å². The lowest BCUT2D eigenvalue weighted by atomic mass is 10.7. The van der Waals surface area contributed by atoms with Crippen molar-refractivity contribution in [1.82, 2.24) is 15.4 Å². The summed E-state index contributed by atoms with van der Waals surface area (Å²) in [6.07, 6.45) is 2.19. The van der Waals surface area contributed by atoms with Crippen molar-refractivity contribution >= 4 is 11.6 Å². The van der Waals surface area contributed by atoms with Crippen LogP contribution < -0.4 is 0 Å². The average molecular weight is 131 g/mol. The van der Waals surface area contributed by atoms with Gasteiger partial charge in [0, 0.05) is 0 Å². The molecule has 1 radical (unpaired) electrons. The number of aromatic nitrogens is 3. The topological polar surface area (TPSA) is 58.9 Å². The molecule has 0 aliphatic rings. The highest BCUT2D eigenvalue weighted by molar-refractivity contribution is 6.31. The van der Waals surface area contributed by atoms with E-state index in [1.165, 1.54) is 0 Å². The molecule has 8 heavy (non-hydrogen) atoms. The summed E-state index contributed by atoms with van der Waals surface area (Å²) in [5.74, 6) is -0.346. The van der Waals surface area contributed by atoms with Gasteiger partial charge in [-0.3, -0.25) is 0 Å². The third-order valence-electron chi connectivity index (χ3n) is 0.529. The summed E-state index contributed by atoms with van der Waals surface area (Å²) in [7, 11) is 0. The van der Waals surface area contributed by atoms with E-state index in [1.54, 1.807) is 0 Å². The smallest absolute Gasteiger partial charge is 0.254 e. The van der Waals surface area contributed by atoms with Crippen LogP contribution in [0.4, 0.5) is 0 Å². The van der Waals surface area contributed by atoms with Crippen LogP contribution in [0.3, 0.4) is 0 Å². The maximum atomic E-state index is 8.54. The monoisotopic (exact) mass is 130 g/mol. The zero-order chi connectivity index (χ0) is 5.98. The van der Waals surface area contributed by atoms with E-state index < -0.39 is 0 Å². The largest absolute Gasteiger partial charge is 0.491 e. The predicted molar refractivity (Wildman–Crippen MR) is 25.3 cm³/mol. The van der Waals surface area contributed by atoms with Crippen LogP contribution in [0.5, 0.6) is 5.88 Å². The molecule has 0 saturated carbocycles. The molecule has 0 unspecified atom stereocenters. The highest BCUT2D eigenvalue weighted by Gasteiger charge is 1.95. The Kier molecular flexibility index (Phi) is 1.26. The Bertz CT molecular complexity index is 171. The van der Waals surface area contributed by atoms with Crippen molar-refractivity contribution in [3.63, 3.8) is 0 Å². The van der Waals surface area contributed by atoms with Gasteiger partial charge in [0.05, 0.1) is 0 Å². The summed E-state index contributed by atoms with van der Waals surface area (Å²) in [5.41, 5.74) is 0. The fourth-order valence-electron chi connectivity index (χ4n) is 0.225. The Morgan fingerprint density at radius 2 is 2.38 bits per heavy atom. The first kappa shape index (κ1) is 5.24. The summed E-state index contributed by atoms with van der Waals surface area (Å²) in [4.78, 5) is 0. The Morgan fingerprint density at radius 3 is 2.75 bits per heavy atom. The van der Waals surface area contributed by atoms with E-state index in [0.717, 1.165) is 0 Å². The quantitative estimate of drug-likeness (QED) is 0.538. The summed E-state index contributed by atoms with van der Waals surface area (Å²) < 4.78 is 0. The van der Waals surface area contributed by atoms with Crippen LogP contribution in [-0.2, 0) is 0 Å². The van der Waals surface area contributed by atoms with Crippen LogP contribution in [0.15, 0.2) is 0 Å². The molecule has 5 heteroatoms. The van der Waals surface area contributed by atoms with Crippen molar-refractivity contribution < 1.29 is 5.11 Å². The zero-order valence-corrected chi connectivity index (χ0v) is 4.42. The Hall–Kier alpha value is -0.900. The van der Waals surface area contributed by atoms with Crippen molar-refractivity contribution in [2.24, 2.45) is 0 Å². The van der Waals surface area contributed by atoms with Crippen LogP contribution in [-0.4, -0.2) is 20.5 Å². The van der Waals surface area contributed by atoms with E-state index >= 15 is 0 Å². The molecular formula is C3HClN3O. The van der Waals surface area contributed by atoms with E-state index in [1.807, 2.05) is 0 Å². The highest BCUT2D eigenvalue weighted by Crippen LogP contribution is 2.13. The van der Waals surface area contributed by atoms with Gasteiger partial charge in [0.25, 0.3) is 5.88 Å². The van der Waals surface area contributed by atoms with E-state index in [-0.39, 0.29) is 10.9 Å². The first-order valence-corrected chi connectivity index (χ1v) is 2.14. The van der Waals surface area contributed by atoms with E-state index in [4.69, 9.17) is 16.7 Å². The maximum Gasteiger partial charge on any atom is 0.254 e. The molecule has 0 bridgehead atoms. The summed E-state index contributed by atoms with van der Waals surface area (Å²) in [6, 6.07) is 0. The second-order valence-corrected chi connectivity index (χ2v) is 1.42. The molecule has 1 aromatic heterocycles. The molecular weight excluding hydrogens is 130 g/mol. The molecule has 1 heterocycles. The first-order chi connectivity index (χ1) is 3.80. The van der Waals surface area contributed by atoms with Gasteiger partial charge in [-0.15, -0.1) is 5.10 Å². The number of nitrogens with zero attached hydrogens (tertiary/aromatic N) is 3. The van der Waals surface area contributed by atoms with Gasteiger partial charge >= 0.3 is 0 Å². The van der Waals surface area contributed by atoms with Gasteiger partial charge in [-0.2, -0.15) is 0 Å². The van der Waals surface area contributed by atoms with Gasteiger partial charge in [0.1, 0.15) is 11.2 Å². The summed E-state index contributed by atoms with van der Waals surface area (Å²) >= 11 is 5.24. The van der Waals surface area contributed by atoms with Crippen LogP contribution in [0.25, 0.3) is 0 Å². The number of rotatable bonds is 0. The molecule has 1 rings (SSSR count). The Balaban J connectivity index is 3.13. The third-order valence-corrected chi connectivity index (χ3v) is 0.782. The van der Waals surface area contributed by atoms with Gasteiger partial charge in [0.2, 0.25) is 0 Å². The van der Waals surface area contributed by atoms with Crippen molar-refractivity contribution in [3.8, 4) is 5.88 Å². The molecule has 0 amide bonds. The highest BCUT2D eigenvalue weighted by atomic mass is 35.5. The van der Waals surface area contributed by atoms with Crippen LogP contribution in [0.2, 0.25) is 5.02 Å². The summed E-state index contributed by atoms with van der Waals surface area (Å²) in [6.45, 7) is 0. The standard InChI is InChI=1S/C3HClN3O/c4-2-1-5-7-6-3(2)8/h(H,5,6,8). The average Bonchev–Trinajstić information content (AvgIpc) is 1.77. The molecule has 1 aromatic rings. The van der Waals surface area contributed by atoms with Crippen LogP contribution in [0, 0.1) is 6.20 Å². The zero-order valence-electron chi connectivity index (χ0n) is 3.67. The number of hydrogen-bond donors (Lipinski definition) is 1. The van der Waals surface area contributed by atoms with Crippen LogP contribution >= 0.6 is 11.6 Å². The van der Waals surface area contributed by atoms with Crippen molar-refractivity contribution in [2.45, 2.75) is 0 Å². The third kappa shape index (κ3) is 0.840. The molecule has 0 atom stereocenters. The first-order valence-electron chi connectivity index (χ1n) is 1.76. The fourth-order valence-corrected chi connectivity index (χ4v) is 0.300. The van der Waals surface area contributed by atoms with Crippen molar-refractivity contribution in [2.75, 3.05) is 0 Å². The Morgan fingerprint density at radius 1 is 1.62 bits per heavy atom. The fraction of sp³-hybridized carbons (Fsp3) is 0. The minimum atomic E-state index is -0.346. The molecule has 4 nitrogen and oxygen atoms in total. The molecule has 0 aliphatic heterocycles. The van der Waals surface area contributed by atoms with Crippen molar-refractivity contribution in [1.29, 1.82) is 0 Å². The molecule has 0 aliphatic carbocycles. The molecule has 0 aromatic carbocycles. The van der Waals surface area contributed by atoms with E-state index in [2.05, 4.69) is 21.6 Å². The lowest BCUT2D eigenvalue weighted by Gasteiger charge is -1.85. The summed E-state index contributed by atoms with van der Waals surface area (Å²) in [5, 5.41) is 17.9. The molecule has 0 fully saturated rings. The van der Waals surface area contributed by atoms with Gasteiger partial charge in [0.15, 0.2) is 0 Å². The number of hydrogen-bond acceptors (Lipinski definition) is 4. The van der Waals surface area contributed by atoms with Gasteiger partial charge < -0.3 is 5.11 Å². The van der Waals surface area contributed by atoms with Gasteiger partial charge in [-0.25, -0.2) is 0 Å². The van der Waals surface area contributed by atoms with Gasteiger partial charge in [-0.05, 0) is 5.21 Å². The molecule has 0 saturated heterocycles. The second-order valence-electron chi connectivity index (χ2n) is 1.04. The lowest BCUT2D eigenvalue weighted by Crippen LogP contribution is -1.84. The van der Waals surface area contributed by atoms with Crippen molar-refractivity contribution in [3.05, 3.63) is 11.2 Å².